The molecule has 2 rings (SSSR count). The van der Waals surface area contributed by atoms with Crippen molar-refractivity contribution < 1.29 is 13.5 Å². The molecule has 100 valence electrons. The molecule has 0 bridgehead atoms. The number of hydrogen-bond acceptors (Lipinski definition) is 3. The second-order valence-corrected chi connectivity index (χ2v) is 4.23. The zero-order chi connectivity index (χ0) is 14.0. The molecule has 0 spiro atoms. The molecule has 0 atom stereocenters. The monoisotopic (exact) mass is 284 g/mol. The van der Waals surface area contributed by atoms with E-state index in [0.717, 1.165) is 0 Å². The first-order valence-corrected chi connectivity index (χ1v) is 5.74. The molecule has 0 aliphatic rings. The number of nitrogen functional groups attached to an aromatic ring is 1. The second-order valence-electron chi connectivity index (χ2n) is 3.82. The van der Waals surface area contributed by atoms with Crippen molar-refractivity contribution >= 4 is 28.7 Å². The van der Waals surface area contributed by atoms with Gasteiger partial charge in [0.2, 0.25) is 0 Å². The summed E-state index contributed by atoms with van der Waals surface area (Å²) >= 11 is 5.61. The van der Waals surface area contributed by atoms with E-state index in [1.165, 1.54) is 37.4 Å². The predicted octanol–water partition coefficient (Wildman–Crippen LogP) is 3.95. The largest absolute Gasteiger partial charge is 0.494 e. The Morgan fingerprint density at radius 2 is 1.89 bits per heavy atom. The second kappa shape index (κ2) is 5.32. The van der Waals surface area contributed by atoms with E-state index < -0.39 is 11.6 Å². The van der Waals surface area contributed by atoms with E-state index in [0.29, 0.717) is 11.4 Å². The quantitative estimate of drug-likeness (QED) is 0.839. The fraction of sp³-hybridized carbons (Fsp3) is 0.0769. The molecular formula is C13H11ClF2N2O. The molecule has 0 radical (unpaired) electrons. The van der Waals surface area contributed by atoms with Crippen LogP contribution < -0.4 is 15.8 Å². The lowest BCUT2D eigenvalue weighted by atomic mass is 10.2. The summed E-state index contributed by atoms with van der Waals surface area (Å²) in [7, 11) is 1.41. The van der Waals surface area contributed by atoms with Crippen LogP contribution in [-0.4, -0.2) is 7.11 Å². The molecule has 0 aromatic heterocycles. The summed E-state index contributed by atoms with van der Waals surface area (Å²) in [6, 6.07) is 6.41. The van der Waals surface area contributed by atoms with Gasteiger partial charge in [0, 0.05) is 12.1 Å². The van der Waals surface area contributed by atoms with Gasteiger partial charge in [-0.25, -0.2) is 8.78 Å². The maximum Gasteiger partial charge on any atom is 0.145 e. The van der Waals surface area contributed by atoms with Gasteiger partial charge >= 0.3 is 0 Å². The minimum Gasteiger partial charge on any atom is -0.494 e. The van der Waals surface area contributed by atoms with E-state index in [9.17, 15) is 8.78 Å². The lowest BCUT2D eigenvalue weighted by molar-refractivity contribution is 0.413. The van der Waals surface area contributed by atoms with Crippen LogP contribution in [0, 0.1) is 11.6 Å². The number of rotatable bonds is 3. The van der Waals surface area contributed by atoms with E-state index in [2.05, 4.69) is 5.32 Å². The molecule has 2 aromatic carbocycles. The van der Waals surface area contributed by atoms with Gasteiger partial charge in [-0.2, -0.15) is 0 Å². The smallest absolute Gasteiger partial charge is 0.145 e. The van der Waals surface area contributed by atoms with Crippen molar-refractivity contribution in [2.24, 2.45) is 0 Å². The SMILES string of the molecule is COc1cc(F)ccc1Nc1cc(F)c(Cl)cc1N. The van der Waals surface area contributed by atoms with Crippen molar-refractivity contribution in [3.8, 4) is 5.75 Å². The van der Waals surface area contributed by atoms with Crippen LogP contribution in [-0.2, 0) is 0 Å². The minimum absolute atomic E-state index is 0.0610. The van der Waals surface area contributed by atoms with Gasteiger partial charge in [0.15, 0.2) is 0 Å². The number of hydrogen-bond donors (Lipinski definition) is 2. The maximum atomic E-state index is 13.4. The third kappa shape index (κ3) is 2.88. The van der Waals surface area contributed by atoms with Crippen LogP contribution in [0.4, 0.5) is 25.8 Å². The predicted molar refractivity (Wildman–Crippen MR) is 72.1 cm³/mol. The van der Waals surface area contributed by atoms with E-state index in [1.807, 2.05) is 0 Å². The van der Waals surface area contributed by atoms with Gasteiger partial charge < -0.3 is 15.8 Å². The molecule has 6 heteroatoms. The highest BCUT2D eigenvalue weighted by Gasteiger charge is 2.10. The summed E-state index contributed by atoms with van der Waals surface area (Å²) < 4.78 is 31.5. The number of halogens is 3. The van der Waals surface area contributed by atoms with Crippen LogP contribution in [0.15, 0.2) is 30.3 Å². The number of nitrogens with two attached hydrogens (primary N) is 1. The highest BCUT2D eigenvalue weighted by Crippen LogP contribution is 2.33. The van der Waals surface area contributed by atoms with Crippen molar-refractivity contribution in [2.75, 3.05) is 18.2 Å². The van der Waals surface area contributed by atoms with Crippen LogP contribution in [0.25, 0.3) is 0 Å². The molecule has 0 aliphatic carbocycles. The Hall–Kier alpha value is -2.01. The zero-order valence-corrected chi connectivity index (χ0v) is 10.8. The zero-order valence-electron chi connectivity index (χ0n) is 10.0. The molecule has 19 heavy (non-hydrogen) atoms. The highest BCUT2D eigenvalue weighted by atomic mass is 35.5. The first kappa shape index (κ1) is 13.4. The fourth-order valence-corrected chi connectivity index (χ4v) is 1.76. The number of anilines is 3. The van der Waals surface area contributed by atoms with E-state index in [4.69, 9.17) is 22.1 Å². The highest BCUT2D eigenvalue weighted by molar-refractivity contribution is 6.31. The summed E-state index contributed by atoms with van der Waals surface area (Å²) in [6.07, 6.45) is 0. The van der Waals surface area contributed by atoms with Gasteiger partial charge in [-0.15, -0.1) is 0 Å². The van der Waals surface area contributed by atoms with E-state index in [-0.39, 0.29) is 16.5 Å². The van der Waals surface area contributed by atoms with E-state index in [1.54, 1.807) is 0 Å². The van der Waals surface area contributed by atoms with Crippen molar-refractivity contribution in [1.82, 2.24) is 0 Å². The standard InChI is InChI=1S/C13H11ClF2N2O/c1-19-13-4-7(15)2-3-11(13)18-12-6-9(16)8(14)5-10(12)17/h2-6,18H,17H2,1H3. The Labute approximate surface area is 113 Å². The Kier molecular flexibility index (Phi) is 3.76. The van der Waals surface area contributed by atoms with Crippen LogP contribution in [0.5, 0.6) is 5.75 Å². The van der Waals surface area contributed by atoms with Gasteiger partial charge in [-0.1, -0.05) is 11.6 Å². The van der Waals surface area contributed by atoms with Crippen molar-refractivity contribution in [2.45, 2.75) is 0 Å². The van der Waals surface area contributed by atoms with Crippen LogP contribution in [0.3, 0.4) is 0 Å². The lowest BCUT2D eigenvalue weighted by Gasteiger charge is -2.13. The molecule has 0 unspecified atom stereocenters. The van der Waals surface area contributed by atoms with Gasteiger partial charge in [-0.3, -0.25) is 0 Å². The lowest BCUT2D eigenvalue weighted by Crippen LogP contribution is -2.00. The number of nitrogens with one attached hydrogen (secondary N) is 1. The Bertz CT molecular complexity index is 620. The van der Waals surface area contributed by atoms with Gasteiger partial charge in [0.1, 0.15) is 17.4 Å². The first-order valence-electron chi connectivity index (χ1n) is 5.36. The van der Waals surface area contributed by atoms with Crippen molar-refractivity contribution in [3.05, 3.63) is 47.0 Å². The molecule has 0 saturated carbocycles. The Morgan fingerprint density at radius 1 is 1.16 bits per heavy atom. The summed E-state index contributed by atoms with van der Waals surface area (Å²) in [5.41, 5.74) is 6.80. The van der Waals surface area contributed by atoms with Crippen molar-refractivity contribution in [3.63, 3.8) is 0 Å². The molecule has 0 saturated heterocycles. The summed E-state index contributed by atoms with van der Waals surface area (Å²) in [5.74, 6) is -0.744. The summed E-state index contributed by atoms with van der Waals surface area (Å²) in [5, 5.41) is 2.81. The molecule has 0 amide bonds. The van der Waals surface area contributed by atoms with Gasteiger partial charge in [-0.05, 0) is 18.2 Å². The fourth-order valence-electron chi connectivity index (χ4n) is 1.58. The average molecular weight is 285 g/mol. The molecule has 3 nitrogen and oxygen atoms in total. The van der Waals surface area contributed by atoms with Crippen LogP contribution >= 0.6 is 11.6 Å². The third-order valence-electron chi connectivity index (χ3n) is 2.53. The first-order chi connectivity index (χ1) is 9.01. The molecule has 0 heterocycles. The molecule has 2 aromatic rings. The van der Waals surface area contributed by atoms with Crippen LogP contribution in [0.1, 0.15) is 0 Å². The van der Waals surface area contributed by atoms with E-state index >= 15 is 0 Å². The van der Waals surface area contributed by atoms with Gasteiger partial charge in [0.25, 0.3) is 0 Å². The molecule has 0 fully saturated rings. The molecule has 0 aliphatic heterocycles. The molecule has 3 N–H and O–H groups in total. The van der Waals surface area contributed by atoms with Crippen LogP contribution in [0.2, 0.25) is 5.02 Å². The average Bonchev–Trinajstić information content (AvgIpc) is 2.37. The Morgan fingerprint density at radius 3 is 2.58 bits per heavy atom. The topological polar surface area (TPSA) is 47.3 Å². The minimum atomic E-state index is -0.598. The normalized spacial score (nSPS) is 10.3. The summed E-state index contributed by atoms with van der Waals surface area (Å²) in [4.78, 5) is 0. The molecular weight excluding hydrogens is 274 g/mol. The number of benzene rings is 2. The third-order valence-corrected chi connectivity index (χ3v) is 2.82. The maximum absolute atomic E-state index is 13.4. The van der Waals surface area contributed by atoms with Gasteiger partial charge in [0.05, 0.1) is 29.2 Å². The number of ether oxygens (including phenoxy) is 1. The summed E-state index contributed by atoms with van der Waals surface area (Å²) in [6.45, 7) is 0. The number of methoxy groups -OCH3 is 1. The Balaban J connectivity index is 2.39. The van der Waals surface area contributed by atoms with Crippen molar-refractivity contribution in [1.29, 1.82) is 0 Å².